The normalized spacial score (nSPS) is 12.5. The molecule has 0 aliphatic rings. The van der Waals surface area contributed by atoms with Gasteiger partial charge in [-0.1, -0.05) is 0 Å². The van der Waals surface area contributed by atoms with Crippen molar-refractivity contribution in [3.05, 3.63) is 23.8 Å². The predicted octanol–water partition coefficient (Wildman–Crippen LogP) is 2.15. The third kappa shape index (κ3) is 3.80. The summed E-state index contributed by atoms with van der Waals surface area (Å²) >= 11 is 0. The molecule has 1 aromatic carbocycles. The van der Waals surface area contributed by atoms with E-state index < -0.39 is 0 Å². The van der Waals surface area contributed by atoms with E-state index in [9.17, 15) is 0 Å². The van der Waals surface area contributed by atoms with E-state index in [1.54, 1.807) is 0 Å². The number of aliphatic hydroxyl groups is 1. The lowest BCUT2D eigenvalue weighted by Crippen LogP contribution is -2.15. The summed E-state index contributed by atoms with van der Waals surface area (Å²) in [4.78, 5) is 0. The third-order valence-electron chi connectivity index (χ3n) is 2.48. The first-order chi connectivity index (χ1) is 7.13. The lowest BCUT2D eigenvalue weighted by molar-refractivity contribution is 0.282. The van der Waals surface area contributed by atoms with E-state index in [4.69, 9.17) is 10.8 Å². The van der Waals surface area contributed by atoms with Crippen LogP contribution in [0, 0.1) is 6.92 Å². The zero-order chi connectivity index (χ0) is 11.3. The molecule has 4 N–H and O–H groups in total. The molecule has 3 heteroatoms. The van der Waals surface area contributed by atoms with Crippen molar-refractivity contribution in [2.24, 2.45) is 0 Å². The van der Waals surface area contributed by atoms with Crippen molar-refractivity contribution in [1.82, 2.24) is 0 Å². The van der Waals surface area contributed by atoms with E-state index in [2.05, 4.69) is 12.2 Å². The zero-order valence-corrected chi connectivity index (χ0v) is 9.46. The van der Waals surface area contributed by atoms with Crippen molar-refractivity contribution in [2.45, 2.75) is 32.7 Å². The Kier molecular flexibility index (Phi) is 4.43. The molecule has 0 radical (unpaired) electrons. The fourth-order valence-electron chi connectivity index (χ4n) is 1.52. The van der Waals surface area contributed by atoms with E-state index in [1.165, 1.54) is 0 Å². The summed E-state index contributed by atoms with van der Waals surface area (Å²) in [6.45, 7) is 4.37. The van der Waals surface area contributed by atoms with Gasteiger partial charge in [0, 0.05) is 24.0 Å². The van der Waals surface area contributed by atoms with Crippen LogP contribution in [-0.4, -0.2) is 17.8 Å². The highest BCUT2D eigenvalue weighted by Gasteiger charge is 2.02. The number of hydrogen-bond acceptors (Lipinski definition) is 3. The summed E-state index contributed by atoms with van der Waals surface area (Å²) in [6, 6.07) is 6.32. The summed E-state index contributed by atoms with van der Waals surface area (Å²) in [5.74, 6) is 0. The quantitative estimate of drug-likeness (QED) is 0.650. The molecule has 1 unspecified atom stereocenters. The second-order valence-corrected chi connectivity index (χ2v) is 3.98. The fourth-order valence-corrected chi connectivity index (χ4v) is 1.52. The molecule has 1 aromatic rings. The second kappa shape index (κ2) is 5.61. The van der Waals surface area contributed by atoms with Crippen molar-refractivity contribution < 1.29 is 5.11 Å². The van der Waals surface area contributed by atoms with Gasteiger partial charge in [-0.2, -0.15) is 0 Å². The van der Waals surface area contributed by atoms with Gasteiger partial charge in [0.1, 0.15) is 0 Å². The molecule has 15 heavy (non-hydrogen) atoms. The van der Waals surface area contributed by atoms with Gasteiger partial charge in [0.2, 0.25) is 0 Å². The molecular formula is C12H20N2O. The van der Waals surface area contributed by atoms with Gasteiger partial charge in [-0.05, 0) is 50.5 Å². The standard InChI is InChI=1S/C12H20N2O/c1-9-8-11(5-6-12(9)13)14-10(2)4-3-7-15/h5-6,8,10,14-15H,3-4,7,13H2,1-2H3. The maximum atomic E-state index is 8.72. The number of rotatable bonds is 5. The Morgan fingerprint density at radius 2 is 2.20 bits per heavy atom. The summed E-state index contributed by atoms with van der Waals surface area (Å²) < 4.78 is 0. The maximum absolute atomic E-state index is 8.72. The molecule has 0 saturated carbocycles. The van der Waals surface area contributed by atoms with Crippen LogP contribution in [0.25, 0.3) is 0 Å². The third-order valence-corrected chi connectivity index (χ3v) is 2.48. The molecule has 0 amide bonds. The molecule has 0 spiro atoms. The Morgan fingerprint density at radius 3 is 2.80 bits per heavy atom. The summed E-state index contributed by atoms with van der Waals surface area (Å²) in [5, 5.41) is 12.1. The van der Waals surface area contributed by atoms with Gasteiger partial charge in [0.05, 0.1) is 0 Å². The Morgan fingerprint density at radius 1 is 1.47 bits per heavy atom. The molecule has 1 atom stereocenters. The molecule has 84 valence electrons. The lowest BCUT2D eigenvalue weighted by Gasteiger charge is -2.15. The number of nitrogens with one attached hydrogen (secondary N) is 1. The number of nitrogens with two attached hydrogens (primary N) is 1. The minimum Gasteiger partial charge on any atom is -0.399 e. The number of anilines is 2. The van der Waals surface area contributed by atoms with Crippen LogP contribution in [0.1, 0.15) is 25.3 Å². The molecule has 3 nitrogen and oxygen atoms in total. The van der Waals surface area contributed by atoms with Crippen LogP contribution < -0.4 is 11.1 Å². The molecule has 0 fully saturated rings. The SMILES string of the molecule is Cc1cc(NC(C)CCCO)ccc1N. The minimum atomic E-state index is 0.257. The van der Waals surface area contributed by atoms with Crippen LogP contribution in [0.15, 0.2) is 18.2 Å². The second-order valence-electron chi connectivity index (χ2n) is 3.98. The Bertz CT molecular complexity index is 312. The predicted molar refractivity (Wildman–Crippen MR) is 65.0 cm³/mol. The maximum Gasteiger partial charge on any atom is 0.0431 e. The molecule has 1 rings (SSSR count). The van der Waals surface area contributed by atoms with E-state index in [0.29, 0.717) is 6.04 Å². The highest BCUT2D eigenvalue weighted by Crippen LogP contribution is 2.17. The molecule has 0 aliphatic heterocycles. The van der Waals surface area contributed by atoms with E-state index in [0.717, 1.165) is 29.8 Å². The topological polar surface area (TPSA) is 58.3 Å². The van der Waals surface area contributed by atoms with E-state index in [-0.39, 0.29) is 6.61 Å². The molecule has 0 bridgehead atoms. The Labute approximate surface area is 91.3 Å². The van der Waals surface area contributed by atoms with Gasteiger partial charge in [-0.25, -0.2) is 0 Å². The van der Waals surface area contributed by atoms with Crippen LogP contribution in [-0.2, 0) is 0 Å². The van der Waals surface area contributed by atoms with Crippen molar-refractivity contribution >= 4 is 11.4 Å². The van der Waals surface area contributed by atoms with Crippen molar-refractivity contribution in [3.63, 3.8) is 0 Å². The smallest absolute Gasteiger partial charge is 0.0431 e. The number of aryl methyl sites for hydroxylation is 1. The van der Waals surface area contributed by atoms with E-state index >= 15 is 0 Å². The number of nitrogen functional groups attached to an aromatic ring is 1. The number of hydrogen-bond donors (Lipinski definition) is 3. The average molecular weight is 208 g/mol. The summed E-state index contributed by atoms with van der Waals surface area (Å²) in [7, 11) is 0. The zero-order valence-electron chi connectivity index (χ0n) is 9.46. The highest BCUT2D eigenvalue weighted by atomic mass is 16.2. The fraction of sp³-hybridized carbons (Fsp3) is 0.500. The number of aliphatic hydroxyl groups excluding tert-OH is 1. The van der Waals surface area contributed by atoms with Crippen LogP contribution in [0.4, 0.5) is 11.4 Å². The summed E-state index contributed by atoms with van der Waals surface area (Å²) in [6.07, 6.45) is 1.81. The first-order valence-corrected chi connectivity index (χ1v) is 5.37. The van der Waals surface area contributed by atoms with Crippen molar-refractivity contribution in [2.75, 3.05) is 17.7 Å². The molecular weight excluding hydrogens is 188 g/mol. The van der Waals surface area contributed by atoms with Gasteiger partial charge in [0.25, 0.3) is 0 Å². The van der Waals surface area contributed by atoms with Crippen LogP contribution >= 0.6 is 0 Å². The first kappa shape index (κ1) is 11.9. The van der Waals surface area contributed by atoms with Crippen LogP contribution in [0.2, 0.25) is 0 Å². The van der Waals surface area contributed by atoms with Crippen LogP contribution in [0.3, 0.4) is 0 Å². The molecule has 0 aliphatic carbocycles. The molecule has 0 heterocycles. The monoisotopic (exact) mass is 208 g/mol. The van der Waals surface area contributed by atoms with Gasteiger partial charge in [-0.3, -0.25) is 0 Å². The molecule has 0 saturated heterocycles. The van der Waals surface area contributed by atoms with Gasteiger partial charge in [0.15, 0.2) is 0 Å². The van der Waals surface area contributed by atoms with Crippen LogP contribution in [0.5, 0.6) is 0 Å². The first-order valence-electron chi connectivity index (χ1n) is 5.37. The Hall–Kier alpha value is -1.22. The van der Waals surface area contributed by atoms with Gasteiger partial charge >= 0.3 is 0 Å². The van der Waals surface area contributed by atoms with E-state index in [1.807, 2.05) is 25.1 Å². The lowest BCUT2D eigenvalue weighted by atomic mass is 10.1. The van der Waals surface area contributed by atoms with Crippen molar-refractivity contribution in [1.29, 1.82) is 0 Å². The van der Waals surface area contributed by atoms with Gasteiger partial charge in [-0.15, -0.1) is 0 Å². The largest absolute Gasteiger partial charge is 0.399 e. The van der Waals surface area contributed by atoms with Crippen molar-refractivity contribution in [3.8, 4) is 0 Å². The Balaban J connectivity index is 2.53. The number of benzene rings is 1. The van der Waals surface area contributed by atoms with Gasteiger partial charge < -0.3 is 16.2 Å². The average Bonchev–Trinajstić information content (AvgIpc) is 2.20. The summed E-state index contributed by atoms with van der Waals surface area (Å²) in [5.41, 5.74) is 8.74. The minimum absolute atomic E-state index is 0.257. The highest BCUT2D eigenvalue weighted by molar-refractivity contribution is 5.56. The molecule has 0 aromatic heterocycles.